The summed E-state index contributed by atoms with van der Waals surface area (Å²) in [6.07, 6.45) is 0. The fraction of sp³-hybridized carbons (Fsp3) is 0.462. The minimum absolute atomic E-state index is 0.171. The summed E-state index contributed by atoms with van der Waals surface area (Å²) >= 11 is 0. The fourth-order valence-electron chi connectivity index (χ4n) is 1.60. The minimum Gasteiger partial charge on any atom is -0.496 e. The molecule has 0 aliphatic rings. The molecule has 0 radical (unpaired) electrons. The molecular weight excluding hydrogens is 232 g/mol. The van der Waals surface area contributed by atoms with E-state index in [1.54, 1.807) is 25.3 Å². The monoisotopic (exact) mass is 252 g/mol. The second-order valence-corrected chi connectivity index (χ2v) is 4.23. The number of methoxy groups -OCH3 is 2. The highest BCUT2D eigenvalue weighted by atomic mass is 16.5. The van der Waals surface area contributed by atoms with Crippen LogP contribution in [-0.4, -0.2) is 33.3 Å². The van der Waals surface area contributed by atoms with Gasteiger partial charge < -0.3 is 20.5 Å². The summed E-state index contributed by atoms with van der Waals surface area (Å²) in [4.78, 5) is 12.0. The van der Waals surface area contributed by atoms with Gasteiger partial charge in [-0.15, -0.1) is 0 Å². The summed E-state index contributed by atoms with van der Waals surface area (Å²) in [5.74, 6) is 0.570. The van der Waals surface area contributed by atoms with Crippen LogP contribution in [0.25, 0.3) is 0 Å². The van der Waals surface area contributed by atoms with Gasteiger partial charge in [-0.25, -0.2) is 0 Å². The van der Waals surface area contributed by atoms with Gasteiger partial charge in [0.15, 0.2) is 0 Å². The molecule has 0 fully saturated rings. The lowest BCUT2D eigenvalue weighted by molar-refractivity contribution is 0.0931. The normalized spacial score (nSPS) is 11.9. The number of nitrogens with two attached hydrogens (primary N) is 1. The minimum atomic E-state index is -0.171. The predicted octanol–water partition coefficient (Wildman–Crippen LogP) is 1.29. The SMILES string of the molecule is COCC(C)CNC(=O)c1ccc(N)cc1OC. The molecule has 1 atom stereocenters. The lowest BCUT2D eigenvalue weighted by atomic mass is 10.1. The van der Waals surface area contributed by atoms with Crippen molar-refractivity contribution in [3.63, 3.8) is 0 Å². The van der Waals surface area contributed by atoms with Gasteiger partial charge >= 0.3 is 0 Å². The quantitative estimate of drug-likeness (QED) is 0.748. The van der Waals surface area contributed by atoms with E-state index < -0.39 is 0 Å². The van der Waals surface area contributed by atoms with Crippen LogP contribution in [0.5, 0.6) is 5.75 Å². The molecule has 1 unspecified atom stereocenters. The maximum Gasteiger partial charge on any atom is 0.255 e. The molecule has 0 heterocycles. The van der Waals surface area contributed by atoms with Crippen molar-refractivity contribution in [1.82, 2.24) is 5.32 Å². The molecule has 0 spiro atoms. The maximum absolute atomic E-state index is 12.0. The predicted molar refractivity (Wildman–Crippen MR) is 70.8 cm³/mol. The van der Waals surface area contributed by atoms with E-state index in [9.17, 15) is 4.79 Å². The first kappa shape index (κ1) is 14.3. The first-order chi connectivity index (χ1) is 8.58. The number of rotatable bonds is 6. The number of amides is 1. The second-order valence-electron chi connectivity index (χ2n) is 4.23. The van der Waals surface area contributed by atoms with Crippen LogP contribution in [0.2, 0.25) is 0 Å². The Labute approximate surface area is 107 Å². The zero-order valence-corrected chi connectivity index (χ0v) is 11.0. The van der Waals surface area contributed by atoms with E-state index in [2.05, 4.69) is 5.32 Å². The van der Waals surface area contributed by atoms with Crippen LogP contribution in [-0.2, 0) is 4.74 Å². The summed E-state index contributed by atoms with van der Waals surface area (Å²) in [5, 5.41) is 2.84. The summed E-state index contributed by atoms with van der Waals surface area (Å²) < 4.78 is 10.1. The van der Waals surface area contributed by atoms with E-state index in [-0.39, 0.29) is 11.8 Å². The van der Waals surface area contributed by atoms with Gasteiger partial charge in [0.25, 0.3) is 5.91 Å². The first-order valence-electron chi connectivity index (χ1n) is 5.79. The van der Waals surface area contributed by atoms with Crippen molar-refractivity contribution in [2.45, 2.75) is 6.92 Å². The Kier molecular flexibility index (Phi) is 5.45. The van der Waals surface area contributed by atoms with E-state index in [1.807, 2.05) is 6.92 Å². The molecule has 1 aromatic carbocycles. The molecule has 0 saturated heterocycles. The van der Waals surface area contributed by atoms with Crippen LogP contribution in [0, 0.1) is 5.92 Å². The number of carbonyl (C=O) groups excluding carboxylic acids is 1. The Morgan fingerprint density at radius 3 is 2.78 bits per heavy atom. The van der Waals surface area contributed by atoms with Gasteiger partial charge in [-0.1, -0.05) is 6.92 Å². The third-order valence-electron chi connectivity index (χ3n) is 2.53. The van der Waals surface area contributed by atoms with Crippen molar-refractivity contribution < 1.29 is 14.3 Å². The molecule has 1 aromatic rings. The van der Waals surface area contributed by atoms with Gasteiger partial charge in [-0.3, -0.25) is 4.79 Å². The molecule has 5 heteroatoms. The Morgan fingerprint density at radius 1 is 1.44 bits per heavy atom. The number of ether oxygens (including phenoxy) is 2. The average molecular weight is 252 g/mol. The van der Waals surface area contributed by atoms with Crippen LogP contribution in [0.1, 0.15) is 17.3 Å². The van der Waals surface area contributed by atoms with Crippen molar-refractivity contribution in [3.8, 4) is 5.75 Å². The van der Waals surface area contributed by atoms with E-state index in [1.165, 1.54) is 7.11 Å². The maximum atomic E-state index is 12.0. The number of nitrogen functional groups attached to an aromatic ring is 1. The number of carbonyl (C=O) groups is 1. The Balaban J connectivity index is 2.66. The fourth-order valence-corrected chi connectivity index (χ4v) is 1.60. The summed E-state index contributed by atoms with van der Waals surface area (Å²) in [7, 11) is 3.15. The third-order valence-corrected chi connectivity index (χ3v) is 2.53. The molecule has 0 aliphatic heterocycles. The molecule has 0 aliphatic carbocycles. The molecule has 1 amide bonds. The van der Waals surface area contributed by atoms with Crippen molar-refractivity contribution in [2.75, 3.05) is 33.1 Å². The highest BCUT2D eigenvalue weighted by molar-refractivity contribution is 5.97. The second kappa shape index (κ2) is 6.86. The standard InChI is InChI=1S/C13H20N2O3/c1-9(8-17-2)7-15-13(16)11-5-4-10(14)6-12(11)18-3/h4-6,9H,7-8,14H2,1-3H3,(H,15,16). The lowest BCUT2D eigenvalue weighted by Crippen LogP contribution is -2.30. The van der Waals surface area contributed by atoms with E-state index in [4.69, 9.17) is 15.2 Å². The zero-order chi connectivity index (χ0) is 13.5. The smallest absolute Gasteiger partial charge is 0.255 e. The number of hydrogen-bond acceptors (Lipinski definition) is 4. The highest BCUT2D eigenvalue weighted by Gasteiger charge is 2.13. The Hall–Kier alpha value is -1.75. The molecule has 18 heavy (non-hydrogen) atoms. The Morgan fingerprint density at radius 2 is 2.17 bits per heavy atom. The molecule has 3 N–H and O–H groups in total. The molecular formula is C13H20N2O3. The van der Waals surface area contributed by atoms with Gasteiger partial charge in [0.05, 0.1) is 19.3 Å². The van der Waals surface area contributed by atoms with Crippen LogP contribution in [0.4, 0.5) is 5.69 Å². The topological polar surface area (TPSA) is 73.6 Å². The summed E-state index contributed by atoms with van der Waals surface area (Å²) in [6, 6.07) is 4.97. The average Bonchev–Trinajstić information content (AvgIpc) is 2.36. The molecule has 5 nitrogen and oxygen atoms in total. The van der Waals surface area contributed by atoms with Crippen molar-refractivity contribution in [2.24, 2.45) is 5.92 Å². The van der Waals surface area contributed by atoms with Gasteiger partial charge in [0.1, 0.15) is 5.75 Å². The van der Waals surface area contributed by atoms with Gasteiger partial charge in [0.2, 0.25) is 0 Å². The van der Waals surface area contributed by atoms with Gasteiger partial charge in [-0.2, -0.15) is 0 Å². The number of anilines is 1. The third kappa shape index (κ3) is 3.92. The van der Waals surface area contributed by atoms with Crippen LogP contribution in [0.15, 0.2) is 18.2 Å². The molecule has 100 valence electrons. The van der Waals surface area contributed by atoms with Crippen molar-refractivity contribution in [1.29, 1.82) is 0 Å². The van der Waals surface area contributed by atoms with E-state index in [0.717, 1.165) is 0 Å². The molecule has 1 rings (SSSR count). The molecule has 0 bridgehead atoms. The molecule has 0 aromatic heterocycles. The first-order valence-corrected chi connectivity index (χ1v) is 5.79. The summed E-state index contributed by atoms with van der Waals surface area (Å²) in [6.45, 7) is 3.17. The van der Waals surface area contributed by atoms with Gasteiger partial charge in [-0.05, 0) is 18.1 Å². The van der Waals surface area contributed by atoms with Crippen molar-refractivity contribution in [3.05, 3.63) is 23.8 Å². The number of benzene rings is 1. The number of nitrogens with one attached hydrogen (secondary N) is 1. The molecule has 0 saturated carbocycles. The zero-order valence-electron chi connectivity index (χ0n) is 11.0. The van der Waals surface area contributed by atoms with Crippen LogP contribution >= 0.6 is 0 Å². The largest absolute Gasteiger partial charge is 0.496 e. The van der Waals surface area contributed by atoms with E-state index >= 15 is 0 Å². The summed E-state index contributed by atoms with van der Waals surface area (Å²) in [5.41, 5.74) is 6.69. The number of hydrogen-bond donors (Lipinski definition) is 2. The Bertz CT molecular complexity index is 407. The van der Waals surface area contributed by atoms with Crippen molar-refractivity contribution >= 4 is 11.6 Å². The van der Waals surface area contributed by atoms with Crippen LogP contribution in [0.3, 0.4) is 0 Å². The lowest BCUT2D eigenvalue weighted by Gasteiger charge is -2.13. The van der Waals surface area contributed by atoms with Gasteiger partial charge in [0, 0.05) is 25.4 Å². The van der Waals surface area contributed by atoms with E-state index in [0.29, 0.717) is 30.2 Å². The van der Waals surface area contributed by atoms with Crippen LogP contribution < -0.4 is 15.8 Å². The highest BCUT2D eigenvalue weighted by Crippen LogP contribution is 2.21.